The molecule has 3 rings (SSSR count). The molecule has 0 unspecified atom stereocenters. The van der Waals surface area contributed by atoms with Gasteiger partial charge >= 0.3 is 5.97 Å². The second-order valence-corrected chi connectivity index (χ2v) is 5.93. The van der Waals surface area contributed by atoms with E-state index >= 15 is 0 Å². The molecule has 1 aromatic heterocycles. The number of thioether (sulfide) groups is 1. The lowest BCUT2D eigenvalue weighted by Crippen LogP contribution is -2.17. The average Bonchev–Trinajstić information content (AvgIpc) is 2.48. The molecule has 20 heavy (non-hydrogen) atoms. The van der Waals surface area contributed by atoms with Gasteiger partial charge in [0.25, 0.3) is 0 Å². The van der Waals surface area contributed by atoms with Crippen molar-refractivity contribution in [3.05, 3.63) is 30.1 Å². The minimum atomic E-state index is -0.941. The van der Waals surface area contributed by atoms with E-state index in [4.69, 9.17) is 9.84 Å². The Hall–Kier alpha value is -1.66. The van der Waals surface area contributed by atoms with Gasteiger partial charge in [-0.25, -0.2) is 14.8 Å². The van der Waals surface area contributed by atoms with Crippen LogP contribution in [0.5, 0.6) is 0 Å². The third kappa shape index (κ3) is 2.76. The fourth-order valence-electron chi connectivity index (χ4n) is 2.21. The largest absolute Gasteiger partial charge is 0.478 e. The number of carbonyl (C=O) groups is 1. The normalized spacial score (nSPS) is 16.4. The standard InChI is InChI=1S/C14H14N2O3S/c17-14(18)9-1-2-11-12(7-9)15-8-16-13(11)20-10-3-5-19-6-4-10/h1-2,7-8,10H,3-6H2,(H,17,18). The highest BCUT2D eigenvalue weighted by atomic mass is 32.2. The molecule has 0 amide bonds. The first-order valence-corrected chi connectivity index (χ1v) is 7.34. The van der Waals surface area contributed by atoms with E-state index < -0.39 is 5.97 Å². The van der Waals surface area contributed by atoms with E-state index in [1.165, 1.54) is 6.33 Å². The van der Waals surface area contributed by atoms with Gasteiger partial charge in [0.2, 0.25) is 0 Å². The average molecular weight is 290 g/mol. The first-order chi connectivity index (χ1) is 9.74. The minimum Gasteiger partial charge on any atom is -0.478 e. The minimum absolute atomic E-state index is 0.248. The first kappa shape index (κ1) is 13.3. The molecule has 6 heteroatoms. The number of fused-ring (bicyclic) bond motifs is 1. The van der Waals surface area contributed by atoms with Crippen LogP contribution in [0.3, 0.4) is 0 Å². The molecular formula is C14H14N2O3S. The van der Waals surface area contributed by atoms with Crippen LogP contribution >= 0.6 is 11.8 Å². The summed E-state index contributed by atoms with van der Waals surface area (Å²) in [4.78, 5) is 19.5. The summed E-state index contributed by atoms with van der Waals surface area (Å²) in [6, 6.07) is 4.98. The molecule has 0 atom stereocenters. The maximum Gasteiger partial charge on any atom is 0.335 e. The summed E-state index contributed by atoms with van der Waals surface area (Å²) >= 11 is 1.73. The number of nitrogens with zero attached hydrogens (tertiary/aromatic N) is 2. The molecule has 0 radical (unpaired) electrons. The highest BCUT2D eigenvalue weighted by Gasteiger charge is 2.17. The molecule has 104 valence electrons. The molecule has 1 saturated heterocycles. The van der Waals surface area contributed by atoms with Crippen LogP contribution in [-0.4, -0.2) is 39.5 Å². The van der Waals surface area contributed by atoms with Crippen LogP contribution in [0.15, 0.2) is 29.6 Å². The smallest absolute Gasteiger partial charge is 0.335 e. The van der Waals surface area contributed by atoms with Crippen LogP contribution in [0.25, 0.3) is 10.9 Å². The molecule has 1 aliphatic heterocycles. The Morgan fingerprint density at radius 1 is 1.30 bits per heavy atom. The van der Waals surface area contributed by atoms with Gasteiger partial charge in [0.05, 0.1) is 11.1 Å². The van der Waals surface area contributed by atoms with Crippen molar-refractivity contribution in [1.82, 2.24) is 9.97 Å². The van der Waals surface area contributed by atoms with Gasteiger partial charge in [0, 0.05) is 23.8 Å². The maximum absolute atomic E-state index is 11.0. The van der Waals surface area contributed by atoms with Crippen molar-refractivity contribution in [1.29, 1.82) is 0 Å². The number of aromatic carboxylic acids is 1. The highest BCUT2D eigenvalue weighted by molar-refractivity contribution is 8.00. The maximum atomic E-state index is 11.0. The lowest BCUT2D eigenvalue weighted by Gasteiger charge is -2.21. The Bertz CT molecular complexity index is 641. The third-order valence-electron chi connectivity index (χ3n) is 3.29. The molecule has 1 N–H and O–H groups in total. The zero-order chi connectivity index (χ0) is 13.9. The number of ether oxygens (including phenoxy) is 1. The third-order valence-corrected chi connectivity index (χ3v) is 4.65. The Morgan fingerprint density at radius 3 is 2.85 bits per heavy atom. The highest BCUT2D eigenvalue weighted by Crippen LogP contribution is 2.32. The summed E-state index contributed by atoms with van der Waals surface area (Å²) in [6.45, 7) is 1.59. The molecule has 1 aliphatic rings. The summed E-state index contributed by atoms with van der Waals surface area (Å²) in [7, 11) is 0. The topological polar surface area (TPSA) is 72.3 Å². The molecule has 0 bridgehead atoms. The van der Waals surface area contributed by atoms with Gasteiger partial charge in [0.1, 0.15) is 11.4 Å². The van der Waals surface area contributed by atoms with Gasteiger partial charge in [0.15, 0.2) is 0 Å². The van der Waals surface area contributed by atoms with Crippen LogP contribution < -0.4 is 0 Å². The van der Waals surface area contributed by atoms with E-state index in [1.807, 2.05) is 0 Å². The molecule has 0 saturated carbocycles. The predicted molar refractivity (Wildman–Crippen MR) is 76.2 cm³/mol. The molecule has 0 aliphatic carbocycles. The Kier molecular flexibility index (Phi) is 3.84. The number of hydrogen-bond acceptors (Lipinski definition) is 5. The fraction of sp³-hybridized carbons (Fsp3) is 0.357. The van der Waals surface area contributed by atoms with Gasteiger partial charge in [-0.2, -0.15) is 0 Å². The zero-order valence-corrected chi connectivity index (χ0v) is 11.6. The SMILES string of the molecule is O=C(O)c1ccc2c(SC3CCOCC3)ncnc2c1. The lowest BCUT2D eigenvalue weighted by molar-refractivity contribution is 0.0697. The second kappa shape index (κ2) is 5.76. The van der Waals surface area contributed by atoms with Crippen LogP contribution in [0.4, 0.5) is 0 Å². The van der Waals surface area contributed by atoms with E-state index in [2.05, 4.69) is 9.97 Å². The van der Waals surface area contributed by atoms with Crippen molar-refractivity contribution in [2.45, 2.75) is 23.1 Å². The van der Waals surface area contributed by atoms with Crippen LogP contribution in [0.1, 0.15) is 23.2 Å². The van der Waals surface area contributed by atoms with Crippen molar-refractivity contribution < 1.29 is 14.6 Å². The number of carboxylic acids is 1. The summed E-state index contributed by atoms with van der Waals surface area (Å²) < 4.78 is 5.36. The van der Waals surface area contributed by atoms with Gasteiger partial charge in [-0.3, -0.25) is 0 Å². The number of carboxylic acid groups (broad SMARTS) is 1. The van der Waals surface area contributed by atoms with E-state index in [0.29, 0.717) is 10.8 Å². The summed E-state index contributed by atoms with van der Waals surface area (Å²) in [5.74, 6) is -0.941. The summed E-state index contributed by atoms with van der Waals surface area (Å²) in [5.41, 5.74) is 0.924. The Labute approximate surface area is 120 Å². The first-order valence-electron chi connectivity index (χ1n) is 6.46. The summed E-state index contributed by atoms with van der Waals surface area (Å²) in [5, 5.41) is 11.3. The quantitative estimate of drug-likeness (QED) is 0.876. The number of rotatable bonds is 3. The van der Waals surface area contributed by atoms with Gasteiger partial charge in [-0.1, -0.05) is 0 Å². The second-order valence-electron chi connectivity index (χ2n) is 4.65. The van der Waals surface area contributed by atoms with Crippen LogP contribution in [0, 0.1) is 0 Å². The zero-order valence-electron chi connectivity index (χ0n) is 10.8. The van der Waals surface area contributed by atoms with Gasteiger partial charge in [-0.15, -0.1) is 11.8 Å². The molecule has 0 spiro atoms. The molecule has 1 fully saturated rings. The van der Waals surface area contributed by atoms with Gasteiger partial charge in [-0.05, 0) is 31.0 Å². The number of hydrogen-bond donors (Lipinski definition) is 1. The molecule has 2 aromatic rings. The van der Waals surface area contributed by atoms with E-state index in [9.17, 15) is 4.79 Å². The van der Waals surface area contributed by atoms with Crippen molar-refractivity contribution in [3.63, 3.8) is 0 Å². The number of benzene rings is 1. The van der Waals surface area contributed by atoms with E-state index in [0.717, 1.165) is 36.5 Å². The monoisotopic (exact) mass is 290 g/mol. The van der Waals surface area contributed by atoms with Gasteiger partial charge < -0.3 is 9.84 Å². The van der Waals surface area contributed by atoms with E-state index in [-0.39, 0.29) is 5.56 Å². The molecular weight excluding hydrogens is 276 g/mol. The molecule has 2 heterocycles. The molecule has 5 nitrogen and oxygen atoms in total. The van der Waals surface area contributed by atoms with Crippen molar-refractivity contribution in [3.8, 4) is 0 Å². The van der Waals surface area contributed by atoms with Crippen LogP contribution in [-0.2, 0) is 4.74 Å². The Balaban J connectivity index is 1.92. The van der Waals surface area contributed by atoms with Crippen molar-refractivity contribution in [2.24, 2.45) is 0 Å². The molecule has 1 aromatic carbocycles. The van der Waals surface area contributed by atoms with E-state index in [1.54, 1.807) is 30.0 Å². The number of aromatic nitrogens is 2. The van der Waals surface area contributed by atoms with Crippen molar-refractivity contribution >= 4 is 28.6 Å². The fourth-order valence-corrected chi connectivity index (χ4v) is 3.36. The lowest BCUT2D eigenvalue weighted by atomic mass is 10.1. The van der Waals surface area contributed by atoms with Crippen molar-refractivity contribution in [2.75, 3.05) is 13.2 Å². The van der Waals surface area contributed by atoms with Crippen LogP contribution in [0.2, 0.25) is 0 Å². The summed E-state index contributed by atoms with van der Waals surface area (Å²) in [6.07, 6.45) is 3.53. The Morgan fingerprint density at radius 2 is 2.10 bits per heavy atom. The predicted octanol–water partition coefficient (Wildman–Crippen LogP) is 2.60.